The van der Waals surface area contributed by atoms with E-state index in [-0.39, 0.29) is 5.91 Å². The minimum Gasteiger partial charge on any atom is -0.355 e. The fourth-order valence-electron chi connectivity index (χ4n) is 5.34. The molecule has 1 amide bonds. The zero-order valence-corrected chi connectivity index (χ0v) is 20.5. The van der Waals surface area contributed by atoms with Gasteiger partial charge in [0.1, 0.15) is 11.5 Å². The average molecular weight is 450 g/mol. The summed E-state index contributed by atoms with van der Waals surface area (Å²) in [6.07, 6.45) is 9.99. The van der Waals surface area contributed by atoms with Crippen LogP contribution >= 0.6 is 0 Å². The van der Waals surface area contributed by atoms with Crippen LogP contribution in [0, 0.1) is 11.3 Å². The van der Waals surface area contributed by atoms with E-state index in [4.69, 9.17) is 4.98 Å². The van der Waals surface area contributed by atoms with Crippen molar-refractivity contribution < 1.29 is 4.79 Å². The average Bonchev–Trinajstić information content (AvgIpc) is 3.09. The molecule has 4 rings (SSSR count). The van der Waals surface area contributed by atoms with Gasteiger partial charge < -0.3 is 10.2 Å². The first-order valence-electron chi connectivity index (χ1n) is 12.5. The van der Waals surface area contributed by atoms with Crippen LogP contribution in [0.15, 0.2) is 42.7 Å². The van der Waals surface area contributed by atoms with Crippen molar-refractivity contribution in [3.8, 4) is 0 Å². The first-order chi connectivity index (χ1) is 15.9. The van der Waals surface area contributed by atoms with Crippen LogP contribution in [-0.2, 0) is 6.54 Å². The molecular formula is C27H39N5O. The summed E-state index contributed by atoms with van der Waals surface area (Å²) in [6, 6.07) is 10.3. The van der Waals surface area contributed by atoms with Crippen LogP contribution in [0.1, 0.15) is 68.9 Å². The lowest BCUT2D eigenvalue weighted by Gasteiger charge is -2.41. The van der Waals surface area contributed by atoms with Gasteiger partial charge in [-0.2, -0.15) is 0 Å². The van der Waals surface area contributed by atoms with Gasteiger partial charge in [-0.25, -0.2) is 4.98 Å². The predicted octanol–water partition coefficient (Wildman–Crippen LogP) is 4.52. The lowest BCUT2D eigenvalue weighted by molar-refractivity contribution is 0.0946. The van der Waals surface area contributed by atoms with Gasteiger partial charge in [0.05, 0.1) is 0 Å². The molecule has 0 radical (unpaired) electrons. The Morgan fingerprint density at radius 3 is 2.58 bits per heavy atom. The van der Waals surface area contributed by atoms with Gasteiger partial charge in [0.25, 0.3) is 5.91 Å². The molecule has 2 fully saturated rings. The maximum absolute atomic E-state index is 12.7. The van der Waals surface area contributed by atoms with Gasteiger partial charge in [-0.15, -0.1) is 0 Å². The highest BCUT2D eigenvalue weighted by atomic mass is 16.1. The van der Waals surface area contributed by atoms with Crippen LogP contribution in [0.5, 0.6) is 0 Å². The van der Waals surface area contributed by atoms with Gasteiger partial charge in [0.15, 0.2) is 0 Å². The number of pyridine rings is 2. The lowest BCUT2D eigenvalue weighted by Crippen LogP contribution is -2.42. The summed E-state index contributed by atoms with van der Waals surface area (Å²) in [5, 5.41) is 2.95. The van der Waals surface area contributed by atoms with Crippen LogP contribution in [0.4, 0.5) is 5.82 Å². The number of hydrogen-bond donors (Lipinski definition) is 1. The van der Waals surface area contributed by atoms with E-state index in [2.05, 4.69) is 40.9 Å². The molecule has 2 aromatic heterocycles. The van der Waals surface area contributed by atoms with Gasteiger partial charge in [-0.05, 0) is 67.2 Å². The Hall–Kier alpha value is -2.47. The number of rotatable bonds is 5. The van der Waals surface area contributed by atoms with E-state index in [0.717, 1.165) is 55.9 Å². The number of amides is 1. The normalized spacial score (nSPS) is 22.6. The number of nitrogens with one attached hydrogen (secondary N) is 1. The second kappa shape index (κ2) is 10.6. The molecule has 2 aliphatic rings. The Morgan fingerprint density at radius 2 is 1.85 bits per heavy atom. The Kier molecular flexibility index (Phi) is 7.63. The summed E-state index contributed by atoms with van der Waals surface area (Å²) in [6.45, 7) is 11.8. The Morgan fingerprint density at radius 1 is 1.03 bits per heavy atom. The maximum atomic E-state index is 12.7. The third-order valence-corrected chi connectivity index (χ3v) is 7.44. The Bertz CT molecular complexity index is 902. The SMILES string of the molecule is CC(C)(C)C1CCC(N2CCCN(c3cccc(C(=O)NCc4cccnc4)n3)CC2)CC1. The molecule has 1 aliphatic heterocycles. The molecule has 3 heterocycles. The molecule has 33 heavy (non-hydrogen) atoms. The predicted molar refractivity (Wildman–Crippen MR) is 133 cm³/mol. The van der Waals surface area contributed by atoms with Crippen LogP contribution < -0.4 is 10.2 Å². The van der Waals surface area contributed by atoms with E-state index >= 15 is 0 Å². The van der Waals surface area contributed by atoms with Crippen LogP contribution in [0.3, 0.4) is 0 Å². The zero-order chi connectivity index (χ0) is 23.3. The third kappa shape index (κ3) is 6.32. The third-order valence-electron chi connectivity index (χ3n) is 7.44. The van der Waals surface area contributed by atoms with Crippen LogP contribution in [-0.4, -0.2) is 53.0 Å². The highest BCUT2D eigenvalue weighted by Crippen LogP contribution is 2.39. The second-order valence-corrected chi connectivity index (χ2v) is 10.7. The first-order valence-corrected chi connectivity index (χ1v) is 12.5. The number of hydrogen-bond acceptors (Lipinski definition) is 5. The van der Waals surface area contributed by atoms with Crippen molar-refractivity contribution in [3.05, 3.63) is 54.0 Å². The number of carbonyl (C=O) groups is 1. The number of nitrogens with zero attached hydrogens (tertiary/aromatic N) is 4. The molecule has 178 valence electrons. The van der Waals surface area contributed by atoms with Crippen molar-refractivity contribution in [2.24, 2.45) is 11.3 Å². The number of carbonyl (C=O) groups excluding carboxylic acids is 1. The lowest BCUT2D eigenvalue weighted by atomic mass is 9.71. The van der Waals surface area contributed by atoms with E-state index in [9.17, 15) is 4.79 Å². The molecule has 6 nitrogen and oxygen atoms in total. The molecule has 0 unspecified atom stereocenters. The highest BCUT2D eigenvalue weighted by molar-refractivity contribution is 5.92. The molecule has 0 aromatic carbocycles. The molecule has 1 aliphatic carbocycles. The summed E-state index contributed by atoms with van der Waals surface area (Å²) in [7, 11) is 0. The Balaban J connectivity index is 1.31. The summed E-state index contributed by atoms with van der Waals surface area (Å²) >= 11 is 0. The van der Waals surface area contributed by atoms with Gasteiger partial charge >= 0.3 is 0 Å². The fraction of sp³-hybridized carbons (Fsp3) is 0.593. The van der Waals surface area contributed by atoms with Crippen LogP contribution in [0.2, 0.25) is 0 Å². The van der Waals surface area contributed by atoms with E-state index in [1.54, 1.807) is 18.5 Å². The van der Waals surface area contributed by atoms with E-state index in [0.29, 0.717) is 17.7 Å². The summed E-state index contributed by atoms with van der Waals surface area (Å²) in [4.78, 5) is 26.5. The zero-order valence-electron chi connectivity index (χ0n) is 20.5. The second-order valence-electron chi connectivity index (χ2n) is 10.7. The summed E-state index contributed by atoms with van der Waals surface area (Å²) in [5.41, 5.74) is 1.88. The standard InChI is InChI=1S/C27H39N5O/c1-27(2,3)22-10-12-23(13-11-22)31-15-6-16-32(18-17-31)25-9-4-8-24(30-25)26(33)29-20-21-7-5-14-28-19-21/h4-5,7-9,14,19,22-23H,6,10-13,15-18,20H2,1-3H3,(H,29,33). The summed E-state index contributed by atoms with van der Waals surface area (Å²) in [5.74, 6) is 1.61. The van der Waals surface area contributed by atoms with Gasteiger partial charge in [-0.1, -0.05) is 32.9 Å². The Labute approximate surface area is 198 Å². The minimum atomic E-state index is -0.146. The van der Waals surface area contributed by atoms with Crippen molar-refractivity contribution in [2.45, 2.75) is 65.5 Å². The molecule has 0 bridgehead atoms. The smallest absolute Gasteiger partial charge is 0.270 e. The van der Waals surface area contributed by atoms with Crippen molar-refractivity contribution in [1.82, 2.24) is 20.2 Å². The van der Waals surface area contributed by atoms with E-state index < -0.39 is 0 Å². The molecule has 0 spiro atoms. The first kappa shape index (κ1) is 23.7. The minimum absolute atomic E-state index is 0.146. The molecular weight excluding hydrogens is 410 g/mol. The molecule has 1 saturated heterocycles. The molecule has 1 saturated carbocycles. The topological polar surface area (TPSA) is 61.4 Å². The van der Waals surface area contributed by atoms with Gasteiger partial charge in [-0.3, -0.25) is 14.7 Å². The largest absolute Gasteiger partial charge is 0.355 e. The van der Waals surface area contributed by atoms with Crippen molar-refractivity contribution in [1.29, 1.82) is 0 Å². The molecule has 6 heteroatoms. The molecule has 0 atom stereocenters. The maximum Gasteiger partial charge on any atom is 0.270 e. The molecule has 2 aromatic rings. The van der Waals surface area contributed by atoms with Gasteiger partial charge in [0.2, 0.25) is 0 Å². The summed E-state index contributed by atoms with van der Waals surface area (Å²) < 4.78 is 0. The van der Waals surface area contributed by atoms with E-state index in [1.165, 1.54) is 25.7 Å². The highest BCUT2D eigenvalue weighted by Gasteiger charge is 2.32. The molecule has 1 N–H and O–H groups in total. The quantitative estimate of drug-likeness (QED) is 0.727. The van der Waals surface area contributed by atoms with Crippen molar-refractivity contribution >= 4 is 11.7 Å². The van der Waals surface area contributed by atoms with Gasteiger partial charge in [0, 0.05) is 51.2 Å². The monoisotopic (exact) mass is 449 g/mol. The van der Waals surface area contributed by atoms with Crippen molar-refractivity contribution in [2.75, 3.05) is 31.1 Å². The number of aromatic nitrogens is 2. The number of anilines is 1. The van der Waals surface area contributed by atoms with Crippen LogP contribution in [0.25, 0.3) is 0 Å². The van der Waals surface area contributed by atoms with Crippen molar-refractivity contribution in [3.63, 3.8) is 0 Å². The van der Waals surface area contributed by atoms with E-state index in [1.807, 2.05) is 24.3 Å². The fourth-order valence-corrected chi connectivity index (χ4v) is 5.34.